The van der Waals surface area contributed by atoms with Crippen molar-refractivity contribution in [2.24, 2.45) is 11.3 Å². The van der Waals surface area contributed by atoms with Crippen LogP contribution in [0.3, 0.4) is 0 Å². The van der Waals surface area contributed by atoms with Gasteiger partial charge in [-0.25, -0.2) is 0 Å². The highest BCUT2D eigenvalue weighted by Gasteiger charge is 2.49. The zero-order valence-electron chi connectivity index (χ0n) is 8.92. The number of rotatable bonds is 2. The zero-order chi connectivity index (χ0) is 10.3. The van der Waals surface area contributed by atoms with Crippen LogP contribution in [-0.4, -0.2) is 28.7 Å². The first kappa shape index (κ1) is 10.5. The first-order valence-corrected chi connectivity index (χ1v) is 6.58. The average Bonchev–Trinajstić information content (AvgIpc) is 2.80. The second-order valence-electron chi connectivity index (χ2n) is 5.00. The number of nitrogens with zero attached hydrogens (tertiary/aromatic N) is 1. The van der Waals surface area contributed by atoms with E-state index >= 15 is 0 Å². The summed E-state index contributed by atoms with van der Waals surface area (Å²) in [5, 5.41) is 1.02. The molecule has 0 bridgehead atoms. The van der Waals surface area contributed by atoms with E-state index in [2.05, 4.69) is 34.7 Å². The van der Waals surface area contributed by atoms with Crippen molar-refractivity contribution in [2.45, 2.75) is 39.2 Å². The Hall–Kier alpha value is -0.0500. The predicted octanol–water partition coefficient (Wildman–Crippen LogP) is 2.42. The fraction of sp³-hybridized carbons (Fsp3) is 0.909. The molecule has 0 spiro atoms. The van der Waals surface area contributed by atoms with E-state index in [1.807, 2.05) is 0 Å². The fourth-order valence-electron chi connectivity index (χ4n) is 2.24. The van der Waals surface area contributed by atoms with Crippen LogP contribution in [0.25, 0.3) is 0 Å². The van der Waals surface area contributed by atoms with Crippen LogP contribution in [-0.2, 0) is 4.79 Å². The van der Waals surface area contributed by atoms with Crippen molar-refractivity contribution < 1.29 is 4.79 Å². The molecular weight excluding hydrogens is 242 g/mol. The third kappa shape index (κ3) is 1.60. The number of alkyl halides is 1. The Labute approximate surface area is 94.2 Å². The molecule has 0 aromatic carbocycles. The van der Waals surface area contributed by atoms with Gasteiger partial charge in [-0.05, 0) is 32.1 Å². The van der Waals surface area contributed by atoms with Crippen LogP contribution in [0.5, 0.6) is 0 Å². The Morgan fingerprint density at radius 2 is 2.21 bits per heavy atom. The largest absolute Gasteiger partial charge is 0.339 e. The number of carbonyl (C=O) groups is 1. The molecule has 2 atom stereocenters. The summed E-state index contributed by atoms with van der Waals surface area (Å²) in [5.41, 5.74) is 0.00939. The standard InChI is InChI=1S/C11H18BrNO/c1-8-9(7-12)3-6-13(8)10(14)11(2)4-5-11/h8-9H,3-7H2,1-2H3. The molecule has 14 heavy (non-hydrogen) atoms. The van der Waals surface area contributed by atoms with Gasteiger partial charge in [-0.3, -0.25) is 4.79 Å². The minimum absolute atomic E-state index is 0.00939. The normalized spacial score (nSPS) is 34.6. The predicted molar refractivity (Wildman–Crippen MR) is 60.4 cm³/mol. The molecule has 0 aromatic rings. The molecule has 0 aromatic heterocycles. The molecule has 2 nitrogen and oxygen atoms in total. The molecule has 80 valence electrons. The van der Waals surface area contributed by atoms with Gasteiger partial charge < -0.3 is 4.90 Å². The van der Waals surface area contributed by atoms with E-state index in [9.17, 15) is 4.79 Å². The summed E-state index contributed by atoms with van der Waals surface area (Å²) in [6.45, 7) is 5.25. The minimum Gasteiger partial charge on any atom is -0.339 e. The summed E-state index contributed by atoms with van der Waals surface area (Å²) >= 11 is 3.52. The lowest BCUT2D eigenvalue weighted by molar-refractivity contribution is -0.137. The number of hydrogen-bond donors (Lipinski definition) is 0. The molecule has 1 aliphatic heterocycles. The quantitative estimate of drug-likeness (QED) is 0.698. The highest BCUT2D eigenvalue weighted by molar-refractivity contribution is 9.09. The number of likely N-dealkylation sites (tertiary alicyclic amines) is 1. The second kappa shape index (κ2) is 3.51. The van der Waals surface area contributed by atoms with Crippen LogP contribution in [0.4, 0.5) is 0 Å². The molecular formula is C11H18BrNO. The topological polar surface area (TPSA) is 20.3 Å². The van der Waals surface area contributed by atoms with Crippen molar-refractivity contribution in [3.05, 3.63) is 0 Å². The molecule has 3 heteroatoms. The van der Waals surface area contributed by atoms with Crippen LogP contribution in [0.1, 0.15) is 33.1 Å². The summed E-state index contributed by atoms with van der Waals surface area (Å²) in [6.07, 6.45) is 3.34. The van der Waals surface area contributed by atoms with Crippen LogP contribution >= 0.6 is 15.9 Å². The van der Waals surface area contributed by atoms with Crippen molar-refractivity contribution in [2.75, 3.05) is 11.9 Å². The first-order valence-electron chi connectivity index (χ1n) is 5.45. The van der Waals surface area contributed by atoms with Crippen LogP contribution in [0, 0.1) is 11.3 Å². The SMILES string of the molecule is CC1C(CBr)CCN1C(=O)C1(C)CC1. The van der Waals surface area contributed by atoms with Gasteiger partial charge in [0.1, 0.15) is 0 Å². The first-order chi connectivity index (χ1) is 6.58. The molecule has 1 saturated heterocycles. The zero-order valence-corrected chi connectivity index (χ0v) is 10.5. The van der Waals surface area contributed by atoms with Gasteiger partial charge in [0.15, 0.2) is 0 Å². The molecule has 2 fully saturated rings. The number of amides is 1. The van der Waals surface area contributed by atoms with Gasteiger partial charge in [0, 0.05) is 23.3 Å². The molecule has 2 rings (SSSR count). The molecule has 1 saturated carbocycles. The van der Waals surface area contributed by atoms with Crippen LogP contribution in [0.2, 0.25) is 0 Å². The Balaban J connectivity index is 2.02. The summed E-state index contributed by atoms with van der Waals surface area (Å²) in [6, 6.07) is 0.430. The van der Waals surface area contributed by atoms with Crippen LogP contribution in [0.15, 0.2) is 0 Å². The molecule has 1 heterocycles. The maximum atomic E-state index is 12.1. The van der Waals surface area contributed by atoms with Crippen LogP contribution < -0.4 is 0 Å². The lowest BCUT2D eigenvalue weighted by Crippen LogP contribution is -2.40. The molecule has 2 aliphatic rings. The molecule has 1 amide bonds. The lowest BCUT2D eigenvalue weighted by atomic mass is 10.0. The monoisotopic (exact) mass is 259 g/mol. The maximum Gasteiger partial charge on any atom is 0.228 e. The Kier molecular flexibility index (Phi) is 2.63. The molecule has 2 unspecified atom stereocenters. The Bertz CT molecular complexity index is 250. The van der Waals surface area contributed by atoms with Crippen molar-refractivity contribution in [1.29, 1.82) is 0 Å². The minimum atomic E-state index is 0.00939. The van der Waals surface area contributed by atoms with E-state index in [4.69, 9.17) is 0 Å². The maximum absolute atomic E-state index is 12.1. The third-order valence-electron chi connectivity index (χ3n) is 3.89. The molecule has 0 N–H and O–H groups in total. The van der Waals surface area contributed by atoms with Crippen molar-refractivity contribution in [3.8, 4) is 0 Å². The van der Waals surface area contributed by atoms with E-state index in [-0.39, 0.29) is 5.41 Å². The Morgan fingerprint density at radius 3 is 2.64 bits per heavy atom. The van der Waals surface area contributed by atoms with Gasteiger partial charge in [-0.15, -0.1) is 0 Å². The number of halogens is 1. The van der Waals surface area contributed by atoms with Gasteiger partial charge in [0.05, 0.1) is 0 Å². The smallest absolute Gasteiger partial charge is 0.228 e. The van der Waals surface area contributed by atoms with Gasteiger partial charge >= 0.3 is 0 Å². The van der Waals surface area contributed by atoms with E-state index in [1.54, 1.807) is 0 Å². The summed E-state index contributed by atoms with van der Waals surface area (Å²) in [7, 11) is 0. The van der Waals surface area contributed by atoms with E-state index < -0.39 is 0 Å². The third-order valence-corrected chi connectivity index (χ3v) is 4.72. The van der Waals surface area contributed by atoms with Gasteiger partial charge in [-0.2, -0.15) is 0 Å². The van der Waals surface area contributed by atoms with Gasteiger partial charge in [-0.1, -0.05) is 22.9 Å². The highest BCUT2D eigenvalue weighted by atomic mass is 79.9. The summed E-state index contributed by atoms with van der Waals surface area (Å²) in [4.78, 5) is 14.2. The molecule has 0 radical (unpaired) electrons. The van der Waals surface area contributed by atoms with E-state index in [1.165, 1.54) is 0 Å². The fourth-order valence-corrected chi connectivity index (χ4v) is 3.11. The van der Waals surface area contributed by atoms with Gasteiger partial charge in [0.2, 0.25) is 5.91 Å². The highest BCUT2D eigenvalue weighted by Crippen LogP contribution is 2.47. The Morgan fingerprint density at radius 1 is 1.57 bits per heavy atom. The van der Waals surface area contributed by atoms with Gasteiger partial charge in [0.25, 0.3) is 0 Å². The molecule has 1 aliphatic carbocycles. The second-order valence-corrected chi connectivity index (χ2v) is 5.65. The van der Waals surface area contributed by atoms with E-state index in [0.29, 0.717) is 17.9 Å². The van der Waals surface area contributed by atoms with E-state index in [0.717, 1.165) is 31.1 Å². The average molecular weight is 260 g/mol. The van der Waals surface area contributed by atoms with Crippen molar-refractivity contribution >= 4 is 21.8 Å². The van der Waals surface area contributed by atoms with Crippen molar-refractivity contribution in [1.82, 2.24) is 4.90 Å². The van der Waals surface area contributed by atoms with Crippen molar-refractivity contribution in [3.63, 3.8) is 0 Å². The number of carbonyl (C=O) groups excluding carboxylic acids is 1. The lowest BCUT2D eigenvalue weighted by Gasteiger charge is -2.26. The summed E-state index contributed by atoms with van der Waals surface area (Å²) < 4.78 is 0. The number of hydrogen-bond acceptors (Lipinski definition) is 1. The summed E-state index contributed by atoms with van der Waals surface area (Å²) in [5.74, 6) is 1.05.